The number of hydrogen-bond acceptors (Lipinski definition) is 3. The fourth-order valence-electron chi connectivity index (χ4n) is 5.33. The van der Waals surface area contributed by atoms with Crippen LogP contribution in [-0.2, 0) is 0 Å². The third kappa shape index (κ3) is 20.0. The van der Waals surface area contributed by atoms with Crippen LogP contribution in [0.15, 0.2) is 18.2 Å². The Labute approximate surface area is 259 Å². The van der Waals surface area contributed by atoms with Crippen molar-refractivity contribution >= 4 is 11.8 Å². The Bertz CT molecular complexity index is 795. The molecule has 1 rings (SSSR count). The lowest BCUT2D eigenvalue weighted by Gasteiger charge is -2.14. The first-order valence-corrected chi connectivity index (χ1v) is 18.0. The lowest BCUT2D eigenvalue weighted by molar-refractivity contribution is 0.0937. The van der Waals surface area contributed by atoms with E-state index < -0.39 is 0 Å². The van der Waals surface area contributed by atoms with Gasteiger partial charge < -0.3 is 15.4 Å². The van der Waals surface area contributed by atoms with Gasteiger partial charge in [0.2, 0.25) is 0 Å². The summed E-state index contributed by atoms with van der Waals surface area (Å²) in [6, 6.07) is 5.28. The maximum Gasteiger partial charge on any atom is 0.255 e. The number of benzene rings is 1. The molecule has 1 aromatic carbocycles. The minimum absolute atomic E-state index is 0.0936. The smallest absolute Gasteiger partial charge is 0.255 e. The summed E-state index contributed by atoms with van der Waals surface area (Å²) in [6.45, 7) is 8.65. The lowest BCUT2D eigenvalue weighted by atomic mass is 10.1. The Hall–Kier alpha value is -2.04. The minimum Gasteiger partial charge on any atom is -0.493 e. The molecule has 5 heteroatoms. The molecule has 42 heavy (non-hydrogen) atoms. The van der Waals surface area contributed by atoms with Gasteiger partial charge in [-0.25, -0.2) is 0 Å². The van der Waals surface area contributed by atoms with Crippen molar-refractivity contribution in [3.05, 3.63) is 29.3 Å². The predicted molar refractivity (Wildman–Crippen MR) is 180 cm³/mol. The zero-order valence-electron chi connectivity index (χ0n) is 27.8. The van der Waals surface area contributed by atoms with Crippen molar-refractivity contribution in [1.82, 2.24) is 10.6 Å². The molecule has 0 aliphatic carbocycles. The third-order valence-corrected chi connectivity index (χ3v) is 8.13. The number of ether oxygens (including phenoxy) is 1. The van der Waals surface area contributed by atoms with E-state index >= 15 is 0 Å². The molecule has 0 unspecified atom stereocenters. The number of nitrogens with one attached hydrogen (secondary N) is 2. The highest BCUT2D eigenvalue weighted by atomic mass is 16.5. The Morgan fingerprint density at radius 1 is 0.524 bits per heavy atom. The van der Waals surface area contributed by atoms with Gasteiger partial charge in [-0.05, 0) is 37.5 Å². The SMILES string of the molecule is CCCCCCCCCCCOc1cc(C(=O)NCCCCCCCCC)ccc1C(=O)NCCCCCCCCC. The minimum atomic E-state index is -0.113. The molecule has 0 aromatic heterocycles. The maximum absolute atomic E-state index is 13.0. The molecular weight excluding hydrogens is 520 g/mol. The Morgan fingerprint density at radius 3 is 1.40 bits per heavy atom. The number of carbonyl (C=O) groups is 2. The summed E-state index contributed by atoms with van der Waals surface area (Å²) in [5, 5.41) is 6.13. The number of unbranched alkanes of at least 4 members (excludes halogenated alkanes) is 20. The summed E-state index contributed by atoms with van der Waals surface area (Å²) >= 11 is 0. The largest absolute Gasteiger partial charge is 0.493 e. The molecule has 0 saturated heterocycles. The molecule has 5 nitrogen and oxygen atoms in total. The van der Waals surface area contributed by atoms with Crippen LogP contribution >= 0.6 is 0 Å². The molecule has 0 spiro atoms. The van der Waals surface area contributed by atoms with Crippen molar-refractivity contribution in [2.45, 2.75) is 168 Å². The molecule has 2 N–H and O–H groups in total. The molecule has 0 aliphatic rings. The van der Waals surface area contributed by atoms with Crippen molar-refractivity contribution in [2.24, 2.45) is 0 Å². The van der Waals surface area contributed by atoms with Crippen LogP contribution in [0.25, 0.3) is 0 Å². The maximum atomic E-state index is 13.0. The number of carbonyl (C=O) groups excluding carboxylic acids is 2. The van der Waals surface area contributed by atoms with Crippen LogP contribution in [0.2, 0.25) is 0 Å². The predicted octanol–water partition coefficient (Wildman–Crippen LogP) is 10.6. The van der Waals surface area contributed by atoms with Gasteiger partial charge in [-0.1, -0.05) is 149 Å². The van der Waals surface area contributed by atoms with Gasteiger partial charge in [0.1, 0.15) is 5.75 Å². The first kappa shape index (κ1) is 38.0. The highest BCUT2D eigenvalue weighted by Crippen LogP contribution is 2.22. The van der Waals surface area contributed by atoms with Gasteiger partial charge in [-0.3, -0.25) is 9.59 Å². The highest BCUT2D eigenvalue weighted by Gasteiger charge is 2.16. The van der Waals surface area contributed by atoms with Crippen LogP contribution in [0.4, 0.5) is 0 Å². The molecule has 0 atom stereocenters. The van der Waals surface area contributed by atoms with E-state index in [1.165, 1.54) is 109 Å². The van der Waals surface area contributed by atoms with Crippen molar-refractivity contribution < 1.29 is 14.3 Å². The summed E-state index contributed by atoms with van der Waals surface area (Å²) in [7, 11) is 0. The second kappa shape index (κ2) is 27.8. The van der Waals surface area contributed by atoms with E-state index in [4.69, 9.17) is 4.74 Å². The molecule has 1 aromatic rings. The normalized spacial score (nSPS) is 11.0. The van der Waals surface area contributed by atoms with E-state index in [2.05, 4.69) is 31.4 Å². The third-order valence-electron chi connectivity index (χ3n) is 8.13. The van der Waals surface area contributed by atoms with Crippen LogP contribution in [-0.4, -0.2) is 31.5 Å². The van der Waals surface area contributed by atoms with Gasteiger partial charge in [-0.15, -0.1) is 0 Å². The molecular formula is C37H66N2O3. The Balaban J connectivity index is 2.56. The Morgan fingerprint density at radius 2 is 0.929 bits per heavy atom. The quantitative estimate of drug-likeness (QED) is 0.0918. The van der Waals surface area contributed by atoms with Gasteiger partial charge >= 0.3 is 0 Å². The average molecular weight is 587 g/mol. The molecule has 0 aliphatic heterocycles. The van der Waals surface area contributed by atoms with Crippen molar-refractivity contribution in [2.75, 3.05) is 19.7 Å². The van der Waals surface area contributed by atoms with Gasteiger partial charge in [-0.2, -0.15) is 0 Å². The van der Waals surface area contributed by atoms with Crippen molar-refractivity contribution in [1.29, 1.82) is 0 Å². The van der Waals surface area contributed by atoms with E-state index in [0.717, 1.165) is 38.5 Å². The van der Waals surface area contributed by atoms with Crippen LogP contribution in [0.3, 0.4) is 0 Å². The topological polar surface area (TPSA) is 67.4 Å². The van der Waals surface area contributed by atoms with Crippen molar-refractivity contribution in [3.63, 3.8) is 0 Å². The first-order chi connectivity index (χ1) is 20.6. The van der Waals surface area contributed by atoms with Crippen LogP contribution in [0, 0.1) is 0 Å². The fraction of sp³-hybridized carbons (Fsp3) is 0.784. The van der Waals surface area contributed by atoms with E-state index in [9.17, 15) is 9.59 Å². The number of amides is 2. The van der Waals surface area contributed by atoms with Gasteiger partial charge in [0.05, 0.1) is 12.2 Å². The zero-order valence-corrected chi connectivity index (χ0v) is 27.8. The molecule has 0 bridgehead atoms. The van der Waals surface area contributed by atoms with Crippen molar-refractivity contribution in [3.8, 4) is 5.75 Å². The van der Waals surface area contributed by atoms with Crippen LogP contribution in [0.5, 0.6) is 5.75 Å². The number of rotatable bonds is 29. The molecule has 242 valence electrons. The molecule has 0 fully saturated rings. The summed E-state index contributed by atoms with van der Waals surface area (Å²) in [6.07, 6.45) is 28.3. The molecule has 0 radical (unpaired) electrons. The Kier molecular flexibility index (Phi) is 25.1. The average Bonchev–Trinajstić information content (AvgIpc) is 3.00. The monoisotopic (exact) mass is 587 g/mol. The summed E-state index contributed by atoms with van der Waals surface area (Å²) in [5.41, 5.74) is 1.08. The summed E-state index contributed by atoms with van der Waals surface area (Å²) in [5.74, 6) is 0.317. The second-order valence-corrected chi connectivity index (χ2v) is 12.1. The van der Waals surface area contributed by atoms with Gasteiger partial charge in [0.15, 0.2) is 0 Å². The molecule has 0 saturated carbocycles. The van der Waals surface area contributed by atoms with Gasteiger partial charge in [0, 0.05) is 18.7 Å². The van der Waals surface area contributed by atoms with E-state index in [1.54, 1.807) is 18.2 Å². The molecule has 2 amide bonds. The second-order valence-electron chi connectivity index (χ2n) is 12.1. The highest BCUT2D eigenvalue weighted by molar-refractivity contribution is 6.00. The van der Waals surface area contributed by atoms with Crippen LogP contribution in [0.1, 0.15) is 189 Å². The lowest BCUT2D eigenvalue weighted by Crippen LogP contribution is -2.26. The summed E-state index contributed by atoms with van der Waals surface area (Å²) in [4.78, 5) is 25.9. The summed E-state index contributed by atoms with van der Waals surface area (Å²) < 4.78 is 6.14. The standard InChI is InChI=1S/C37H66N2O3/c1-4-7-10-13-16-17-20-23-26-31-42-35-32-33(36(40)38-29-24-21-18-14-11-8-5-2)27-28-34(35)37(41)39-30-25-22-19-15-12-9-6-3/h27-28,32H,4-26,29-31H2,1-3H3,(H,38,40)(H,39,41). The van der Waals surface area contributed by atoms with E-state index in [1.807, 2.05) is 0 Å². The van der Waals surface area contributed by atoms with Crippen LogP contribution < -0.4 is 15.4 Å². The fourth-order valence-corrected chi connectivity index (χ4v) is 5.33. The van der Waals surface area contributed by atoms with Gasteiger partial charge in [0.25, 0.3) is 11.8 Å². The van der Waals surface area contributed by atoms with E-state index in [0.29, 0.717) is 36.6 Å². The number of hydrogen-bond donors (Lipinski definition) is 2. The first-order valence-electron chi connectivity index (χ1n) is 18.0. The zero-order chi connectivity index (χ0) is 30.5. The molecule has 0 heterocycles. The van der Waals surface area contributed by atoms with E-state index in [-0.39, 0.29) is 11.8 Å².